The van der Waals surface area contributed by atoms with E-state index in [-0.39, 0.29) is 28.4 Å². The molecule has 1 heterocycles. The van der Waals surface area contributed by atoms with Gasteiger partial charge >= 0.3 is 0 Å². The molecule has 1 N–H and O–H groups in total. The van der Waals surface area contributed by atoms with Gasteiger partial charge in [0.1, 0.15) is 0 Å². The van der Waals surface area contributed by atoms with Gasteiger partial charge in [-0.05, 0) is 42.7 Å². The van der Waals surface area contributed by atoms with E-state index in [9.17, 15) is 9.59 Å². The standard InChI is InChI=1S/C25H25BrCl2N4O2S/c1-4-11-32-23(30-31-25(32)35-14-22(33)16-5-7-17(26)8-6-16)21(12-15(2)3)29-24(34)19-10-9-18(27)13-20(19)28/h4-10,13,15,21H,1,11-12,14H2,2-3H3,(H,29,34)/t21-/m1/s1. The number of halogens is 3. The Morgan fingerprint density at radius 1 is 1.17 bits per heavy atom. The molecule has 35 heavy (non-hydrogen) atoms. The van der Waals surface area contributed by atoms with Crippen LogP contribution in [0, 0.1) is 5.92 Å². The third-order valence-corrected chi connectivity index (χ3v) is 7.10. The number of nitrogens with zero attached hydrogens (tertiary/aromatic N) is 3. The molecule has 1 atom stereocenters. The molecule has 1 aromatic heterocycles. The Labute approximate surface area is 227 Å². The van der Waals surface area contributed by atoms with Crippen LogP contribution in [-0.4, -0.2) is 32.2 Å². The van der Waals surface area contributed by atoms with Crippen molar-refractivity contribution in [3.05, 3.63) is 86.6 Å². The molecular formula is C25H25BrCl2N4O2S. The lowest BCUT2D eigenvalue weighted by Crippen LogP contribution is -2.32. The average molecular weight is 596 g/mol. The Kier molecular flexibility index (Phi) is 9.98. The van der Waals surface area contributed by atoms with Gasteiger partial charge in [-0.3, -0.25) is 9.59 Å². The molecule has 0 aliphatic carbocycles. The number of ketones is 1. The SMILES string of the molecule is C=CCn1c(SCC(=O)c2ccc(Br)cc2)nnc1[C@@H](CC(C)C)NC(=O)c1ccc(Cl)cc1Cl. The van der Waals surface area contributed by atoms with Crippen LogP contribution in [0.15, 0.2) is 64.7 Å². The van der Waals surface area contributed by atoms with E-state index in [0.717, 1.165) is 4.47 Å². The first-order valence-electron chi connectivity index (χ1n) is 10.9. The number of carbonyl (C=O) groups is 2. The summed E-state index contributed by atoms with van der Waals surface area (Å²) in [6.45, 7) is 8.41. The molecule has 3 aromatic rings. The maximum Gasteiger partial charge on any atom is 0.253 e. The number of nitrogens with one attached hydrogen (secondary N) is 1. The molecule has 6 nitrogen and oxygen atoms in total. The van der Waals surface area contributed by atoms with Crippen molar-refractivity contribution in [3.63, 3.8) is 0 Å². The van der Waals surface area contributed by atoms with E-state index in [2.05, 4.69) is 51.9 Å². The lowest BCUT2D eigenvalue weighted by Gasteiger charge is -2.21. The molecule has 10 heteroatoms. The third-order valence-electron chi connectivity index (χ3n) is 5.06. The number of allylic oxidation sites excluding steroid dienone is 1. The average Bonchev–Trinajstić information content (AvgIpc) is 3.19. The number of hydrogen-bond acceptors (Lipinski definition) is 5. The number of thioether (sulfide) groups is 1. The number of amides is 1. The van der Waals surface area contributed by atoms with Gasteiger partial charge in [0.15, 0.2) is 16.8 Å². The number of Topliss-reactive ketones (excluding diaryl/α,β-unsaturated/α-hetero) is 1. The molecule has 3 rings (SSSR count). The summed E-state index contributed by atoms with van der Waals surface area (Å²) in [4.78, 5) is 25.7. The van der Waals surface area contributed by atoms with Crippen LogP contribution in [0.2, 0.25) is 10.0 Å². The highest BCUT2D eigenvalue weighted by Gasteiger charge is 2.25. The van der Waals surface area contributed by atoms with Crippen molar-refractivity contribution in [1.29, 1.82) is 0 Å². The summed E-state index contributed by atoms with van der Waals surface area (Å²) in [5.74, 6) is 0.727. The number of aromatic nitrogens is 3. The number of benzene rings is 2. The summed E-state index contributed by atoms with van der Waals surface area (Å²) in [5, 5.41) is 13.1. The summed E-state index contributed by atoms with van der Waals surface area (Å²) in [6.07, 6.45) is 2.37. The third kappa shape index (κ3) is 7.43. The molecule has 0 unspecified atom stereocenters. The molecule has 0 saturated carbocycles. The molecule has 0 spiro atoms. The molecule has 2 aromatic carbocycles. The number of carbonyl (C=O) groups excluding carboxylic acids is 2. The lowest BCUT2D eigenvalue weighted by atomic mass is 10.0. The van der Waals surface area contributed by atoms with Gasteiger partial charge in [-0.25, -0.2) is 0 Å². The van der Waals surface area contributed by atoms with Crippen molar-refractivity contribution >= 4 is 62.6 Å². The molecule has 0 saturated heterocycles. The smallest absolute Gasteiger partial charge is 0.253 e. The summed E-state index contributed by atoms with van der Waals surface area (Å²) in [5.41, 5.74) is 0.954. The van der Waals surface area contributed by atoms with Gasteiger partial charge in [0.2, 0.25) is 0 Å². The van der Waals surface area contributed by atoms with Crippen molar-refractivity contribution in [2.45, 2.75) is 38.0 Å². The molecular weight excluding hydrogens is 571 g/mol. The Hall–Kier alpha value is -2.13. The molecule has 0 aliphatic heterocycles. The molecule has 0 fully saturated rings. The van der Waals surface area contributed by atoms with Crippen LogP contribution in [0.25, 0.3) is 0 Å². The van der Waals surface area contributed by atoms with E-state index in [4.69, 9.17) is 23.2 Å². The van der Waals surface area contributed by atoms with Crippen molar-refractivity contribution in [2.75, 3.05) is 5.75 Å². The lowest BCUT2D eigenvalue weighted by molar-refractivity contribution is 0.0928. The highest BCUT2D eigenvalue weighted by molar-refractivity contribution is 9.10. The summed E-state index contributed by atoms with van der Waals surface area (Å²) >= 11 is 16.9. The normalized spacial score (nSPS) is 11.9. The van der Waals surface area contributed by atoms with Crippen LogP contribution in [0.4, 0.5) is 0 Å². The number of rotatable bonds is 11. The fourth-order valence-electron chi connectivity index (χ4n) is 3.42. The Morgan fingerprint density at radius 2 is 1.89 bits per heavy atom. The quantitative estimate of drug-likeness (QED) is 0.146. The second-order valence-electron chi connectivity index (χ2n) is 8.24. The van der Waals surface area contributed by atoms with Gasteiger partial charge in [0.05, 0.1) is 22.4 Å². The van der Waals surface area contributed by atoms with Crippen LogP contribution in [0.1, 0.15) is 52.9 Å². The van der Waals surface area contributed by atoms with Crippen LogP contribution < -0.4 is 5.32 Å². The monoisotopic (exact) mass is 594 g/mol. The maximum absolute atomic E-state index is 13.0. The van der Waals surface area contributed by atoms with E-state index in [1.54, 1.807) is 30.3 Å². The van der Waals surface area contributed by atoms with Gasteiger partial charge in [-0.15, -0.1) is 16.8 Å². The first kappa shape index (κ1) is 27.5. The molecule has 0 radical (unpaired) electrons. The maximum atomic E-state index is 13.0. The Bertz CT molecular complexity index is 1210. The summed E-state index contributed by atoms with van der Waals surface area (Å²) in [7, 11) is 0. The van der Waals surface area contributed by atoms with Gasteiger partial charge in [-0.2, -0.15) is 0 Å². The van der Waals surface area contributed by atoms with E-state index < -0.39 is 6.04 Å². The minimum Gasteiger partial charge on any atom is -0.342 e. The largest absolute Gasteiger partial charge is 0.342 e. The van der Waals surface area contributed by atoms with Crippen LogP contribution in [0.5, 0.6) is 0 Å². The van der Waals surface area contributed by atoms with Gasteiger partial charge in [0, 0.05) is 21.6 Å². The predicted octanol–water partition coefficient (Wildman–Crippen LogP) is 7.03. The van der Waals surface area contributed by atoms with E-state index in [1.165, 1.54) is 17.8 Å². The van der Waals surface area contributed by atoms with Crippen molar-refractivity contribution < 1.29 is 9.59 Å². The zero-order valence-corrected chi connectivity index (χ0v) is 23.2. The van der Waals surface area contributed by atoms with E-state index in [1.807, 2.05) is 16.7 Å². The number of hydrogen-bond donors (Lipinski definition) is 1. The first-order chi connectivity index (χ1) is 16.7. The van der Waals surface area contributed by atoms with E-state index >= 15 is 0 Å². The second-order valence-corrected chi connectivity index (χ2v) is 10.9. The topological polar surface area (TPSA) is 76.9 Å². The highest BCUT2D eigenvalue weighted by atomic mass is 79.9. The van der Waals surface area contributed by atoms with Crippen LogP contribution in [0.3, 0.4) is 0 Å². The van der Waals surface area contributed by atoms with Crippen molar-refractivity contribution in [2.24, 2.45) is 5.92 Å². The molecule has 1 amide bonds. The van der Waals surface area contributed by atoms with Crippen LogP contribution >= 0.6 is 50.9 Å². The van der Waals surface area contributed by atoms with Gasteiger partial charge in [-0.1, -0.05) is 82.9 Å². The fourth-order valence-corrected chi connectivity index (χ4v) is 5.03. The van der Waals surface area contributed by atoms with Crippen LogP contribution in [-0.2, 0) is 6.54 Å². The predicted molar refractivity (Wildman–Crippen MR) is 146 cm³/mol. The minimum atomic E-state index is -0.418. The fraction of sp³-hybridized carbons (Fsp3) is 0.280. The summed E-state index contributed by atoms with van der Waals surface area (Å²) < 4.78 is 2.79. The molecule has 0 bridgehead atoms. The summed E-state index contributed by atoms with van der Waals surface area (Å²) in [6, 6.07) is 11.6. The Morgan fingerprint density at radius 3 is 2.51 bits per heavy atom. The molecule has 184 valence electrons. The van der Waals surface area contributed by atoms with Crippen molar-refractivity contribution in [1.82, 2.24) is 20.1 Å². The zero-order valence-electron chi connectivity index (χ0n) is 19.3. The van der Waals surface area contributed by atoms with Crippen molar-refractivity contribution in [3.8, 4) is 0 Å². The Balaban J connectivity index is 1.83. The van der Waals surface area contributed by atoms with Gasteiger partial charge in [0.25, 0.3) is 5.91 Å². The highest BCUT2D eigenvalue weighted by Crippen LogP contribution is 2.27. The molecule has 0 aliphatic rings. The first-order valence-corrected chi connectivity index (χ1v) is 13.4. The second kappa shape index (κ2) is 12.7. The van der Waals surface area contributed by atoms with Gasteiger partial charge < -0.3 is 9.88 Å². The van der Waals surface area contributed by atoms with E-state index in [0.29, 0.717) is 40.1 Å². The minimum absolute atomic E-state index is 0.0124. The zero-order chi connectivity index (χ0) is 25.5.